The predicted octanol–water partition coefficient (Wildman–Crippen LogP) is 1.16. The van der Waals surface area contributed by atoms with Crippen molar-refractivity contribution in [3.05, 3.63) is 0 Å². The number of halogens is 3. The number of rotatable bonds is 0. The van der Waals surface area contributed by atoms with Crippen LogP contribution < -0.4 is 0 Å². The van der Waals surface area contributed by atoms with Gasteiger partial charge in [0.15, 0.2) is 0 Å². The fourth-order valence-corrected chi connectivity index (χ4v) is 0.387. The lowest BCUT2D eigenvalue weighted by atomic mass is 9.97. The van der Waals surface area contributed by atoms with E-state index in [1.165, 1.54) is 6.42 Å². The number of carboxylic acid groups (broad SMARTS) is 1. The van der Waals surface area contributed by atoms with Crippen LogP contribution in [-0.4, -0.2) is 28.5 Å². The first-order valence-electron chi connectivity index (χ1n) is 3.32. The monoisotopic (exact) mass is 186 g/mol. The van der Waals surface area contributed by atoms with Crippen molar-refractivity contribution in [3.63, 3.8) is 0 Å². The summed E-state index contributed by atoms with van der Waals surface area (Å²) in [5.41, 5.74) is 0. The van der Waals surface area contributed by atoms with Crippen molar-refractivity contribution in [1.82, 2.24) is 0 Å². The van der Waals surface area contributed by atoms with Gasteiger partial charge >= 0.3 is 12.1 Å². The topological polar surface area (TPSA) is 57.5 Å². The van der Waals surface area contributed by atoms with Crippen molar-refractivity contribution in [3.8, 4) is 0 Å². The highest BCUT2D eigenvalue weighted by atomic mass is 19.4. The van der Waals surface area contributed by atoms with E-state index >= 15 is 0 Å². The molecule has 1 aliphatic carbocycles. The van der Waals surface area contributed by atoms with E-state index in [4.69, 9.17) is 15.0 Å². The molecule has 0 aromatic heterocycles. The molecule has 72 valence electrons. The minimum atomic E-state index is -5.08. The number of carboxylic acids is 1. The van der Waals surface area contributed by atoms with Gasteiger partial charge in [-0.2, -0.15) is 13.2 Å². The van der Waals surface area contributed by atoms with Crippen molar-refractivity contribution < 1.29 is 28.2 Å². The molecular weight excluding hydrogens is 177 g/mol. The molecule has 0 aromatic carbocycles. The number of alkyl halides is 3. The molecule has 0 amide bonds. The van der Waals surface area contributed by atoms with Gasteiger partial charge in [-0.15, -0.1) is 0 Å². The van der Waals surface area contributed by atoms with E-state index in [2.05, 4.69) is 0 Å². The van der Waals surface area contributed by atoms with E-state index < -0.39 is 12.1 Å². The third kappa shape index (κ3) is 4.95. The van der Waals surface area contributed by atoms with Gasteiger partial charge in [-0.05, 0) is 19.3 Å². The molecule has 0 aromatic rings. The van der Waals surface area contributed by atoms with Crippen molar-refractivity contribution in [1.29, 1.82) is 0 Å². The van der Waals surface area contributed by atoms with Crippen LogP contribution in [0.4, 0.5) is 13.2 Å². The van der Waals surface area contributed by atoms with Crippen LogP contribution in [0.5, 0.6) is 0 Å². The van der Waals surface area contributed by atoms with E-state index in [0.717, 1.165) is 12.8 Å². The summed E-state index contributed by atoms with van der Waals surface area (Å²) in [7, 11) is 0. The summed E-state index contributed by atoms with van der Waals surface area (Å²) < 4.78 is 31.7. The molecule has 0 heterocycles. The van der Waals surface area contributed by atoms with E-state index in [0.29, 0.717) is 0 Å². The molecule has 1 fully saturated rings. The van der Waals surface area contributed by atoms with E-state index in [1.54, 1.807) is 0 Å². The smallest absolute Gasteiger partial charge is 0.475 e. The molecule has 0 unspecified atom stereocenters. The molecule has 1 saturated carbocycles. The Labute approximate surface area is 66.8 Å². The number of aliphatic carboxylic acids is 1. The Morgan fingerprint density at radius 1 is 1.33 bits per heavy atom. The molecule has 2 N–H and O–H groups in total. The Bertz CT molecular complexity index is 151. The maximum atomic E-state index is 10.6. The number of carbonyl (C=O) groups is 1. The van der Waals surface area contributed by atoms with Crippen molar-refractivity contribution in [2.24, 2.45) is 0 Å². The quantitative estimate of drug-likeness (QED) is 0.596. The lowest BCUT2D eigenvalue weighted by molar-refractivity contribution is -0.192. The third-order valence-corrected chi connectivity index (χ3v) is 1.32. The second-order valence-electron chi connectivity index (χ2n) is 2.39. The normalized spacial score (nSPS) is 17.3. The summed E-state index contributed by atoms with van der Waals surface area (Å²) in [6, 6.07) is 0. The molecule has 1 rings (SSSR count). The molecule has 0 spiro atoms. The van der Waals surface area contributed by atoms with Gasteiger partial charge in [-0.1, -0.05) is 0 Å². The number of hydrogen-bond donors (Lipinski definition) is 2. The molecule has 0 bridgehead atoms. The lowest BCUT2D eigenvalue weighted by Gasteiger charge is -2.17. The van der Waals surface area contributed by atoms with Crippen LogP contribution in [0.2, 0.25) is 0 Å². The van der Waals surface area contributed by atoms with Crippen LogP contribution >= 0.6 is 0 Å². The average molecular weight is 186 g/mol. The Morgan fingerprint density at radius 2 is 1.58 bits per heavy atom. The Morgan fingerprint density at radius 3 is 1.58 bits per heavy atom. The van der Waals surface area contributed by atoms with Crippen LogP contribution in [-0.2, 0) is 4.79 Å². The summed E-state index contributed by atoms with van der Waals surface area (Å²) >= 11 is 0. The van der Waals surface area contributed by atoms with Gasteiger partial charge in [0.05, 0.1) is 6.10 Å². The summed E-state index contributed by atoms with van der Waals surface area (Å²) in [4.78, 5) is 8.90. The minimum Gasteiger partial charge on any atom is -0.475 e. The third-order valence-electron chi connectivity index (χ3n) is 1.32. The molecular formula is C6H9F3O3. The molecule has 0 saturated heterocycles. The van der Waals surface area contributed by atoms with Gasteiger partial charge in [-0.25, -0.2) is 4.79 Å². The zero-order valence-electron chi connectivity index (χ0n) is 6.14. The molecule has 0 aliphatic heterocycles. The predicted molar refractivity (Wildman–Crippen MR) is 33.5 cm³/mol. The van der Waals surface area contributed by atoms with Gasteiger partial charge in [0.1, 0.15) is 0 Å². The molecule has 6 heteroatoms. The van der Waals surface area contributed by atoms with Gasteiger partial charge in [0, 0.05) is 0 Å². The first-order valence-corrected chi connectivity index (χ1v) is 3.32. The molecule has 0 radical (unpaired) electrons. The van der Waals surface area contributed by atoms with Gasteiger partial charge in [0.2, 0.25) is 0 Å². The molecule has 0 atom stereocenters. The van der Waals surface area contributed by atoms with Gasteiger partial charge in [0.25, 0.3) is 0 Å². The summed E-state index contributed by atoms with van der Waals surface area (Å²) in [6.45, 7) is 0. The summed E-state index contributed by atoms with van der Waals surface area (Å²) in [5, 5.41) is 15.6. The Kier molecular flexibility index (Phi) is 4.02. The van der Waals surface area contributed by atoms with Crippen LogP contribution in [0.3, 0.4) is 0 Å². The van der Waals surface area contributed by atoms with E-state index in [9.17, 15) is 13.2 Å². The molecule has 1 aliphatic rings. The highest BCUT2D eigenvalue weighted by Crippen LogP contribution is 2.16. The number of aliphatic hydroxyl groups excluding tert-OH is 1. The number of aliphatic hydroxyl groups is 1. The zero-order chi connectivity index (χ0) is 9.78. The fraction of sp³-hybridized carbons (Fsp3) is 0.833. The molecule has 3 nitrogen and oxygen atoms in total. The van der Waals surface area contributed by atoms with Crippen LogP contribution in [0, 0.1) is 0 Å². The van der Waals surface area contributed by atoms with Crippen LogP contribution in [0.15, 0.2) is 0 Å². The largest absolute Gasteiger partial charge is 0.490 e. The zero-order valence-corrected chi connectivity index (χ0v) is 6.14. The van der Waals surface area contributed by atoms with E-state index in [1.807, 2.05) is 0 Å². The highest BCUT2D eigenvalue weighted by Gasteiger charge is 2.38. The second kappa shape index (κ2) is 4.30. The first kappa shape index (κ1) is 11.2. The van der Waals surface area contributed by atoms with Crippen molar-refractivity contribution >= 4 is 5.97 Å². The maximum Gasteiger partial charge on any atom is 0.490 e. The van der Waals surface area contributed by atoms with Crippen LogP contribution in [0.1, 0.15) is 19.3 Å². The maximum absolute atomic E-state index is 10.6. The minimum absolute atomic E-state index is 0.0648. The summed E-state index contributed by atoms with van der Waals surface area (Å²) in [6.07, 6.45) is -1.70. The first-order chi connectivity index (χ1) is 5.34. The fourth-order valence-electron chi connectivity index (χ4n) is 0.387. The number of hydrogen-bond acceptors (Lipinski definition) is 2. The average Bonchev–Trinajstić information content (AvgIpc) is 1.83. The Balaban J connectivity index is 0.000000211. The van der Waals surface area contributed by atoms with Gasteiger partial charge in [-0.3, -0.25) is 0 Å². The van der Waals surface area contributed by atoms with Gasteiger partial charge < -0.3 is 10.2 Å². The highest BCUT2D eigenvalue weighted by molar-refractivity contribution is 5.73. The van der Waals surface area contributed by atoms with E-state index in [-0.39, 0.29) is 6.10 Å². The van der Waals surface area contributed by atoms with Crippen molar-refractivity contribution in [2.75, 3.05) is 0 Å². The standard InChI is InChI=1S/C4H8O.C2HF3O2/c5-4-2-1-3-4;3-2(4,5)1(6)7/h4-5H,1-3H2;(H,6,7). The van der Waals surface area contributed by atoms with Crippen molar-refractivity contribution in [2.45, 2.75) is 31.5 Å². The molecule has 12 heavy (non-hydrogen) atoms. The summed E-state index contributed by atoms with van der Waals surface area (Å²) in [5.74, 6) is -2.76. The second-order valence-corrected chi connectivity index (χ2v) is 2.39. The lowest BCUT2D eigenvalue weighted by Crippen LogP contribution is -2.21. The van der Waals surface area contributed by atoms with Crippen LogP contribution in [0.25, 0.3) is 0 Å². The Hall–Kier alpha value is -0.780. The SMILES string of the molecule is O=C(O)C(F)(F)F.OC1CCC1.